The summed E-state index contributed by atoms with van der Waals surface area (Å²) in [6.45, 7) is 2.26. The van der Waals surface area contributed by atoms with Gasteiger partial charge in [0.15, 0.2) is 0 Å². The van der Waals surface area contributed by atoms with Crippen LogP contribution in [0.2, 0.25) is 0 Å². The van der Waals surface area contributed by atoms with Crippen LogP contribution < -0.4 is 0 Å². The molecule has 0 aromatic heterocycles. The minimum absolute atomic E-state index is 0.00208. The predicted molar refractivity (Wildman–Crippen MR) is 73.8 cm³/mol. The number of carbonyl (C=O) groups excluding carboxylic acids is 1. The summed E-state index contributed by atoms with van der Waals surface area (Å²) in [6.07, 6.45) is -3.76. The van der Waals surface area contributed by atoms with Crippen LogP contribution in [0.5, 0.6) is 0 Å². The number of likely N-dealkylation sites (tertiary alicyclic amines) is 1. The zero-order valence-corrected chi connectivity index (χ0v) is 12.2. The molecule has 2 fully saturated rings. The fourth-order valence-corrected chi connectivity index (χ4v) is 3.15. The fourth-order valence-electron chi connectivity index (χ4n) is 3.15. The van der Waals surface area contributed by atoms with E-state index in [-0.39, 0.29) is 24.4 Å². The van der Waals surface area contributed by atoms with E-state index in [4.69, 9.17) is 0 Å². The second-order valence-electron chi connectivity index (χ2n) is 6.34. The Balaban J connectivity index is 1.81. The number of rotatable bonds is 2. The van der Waals surface area contributed by atoms with Crippen molar-refractivity contribution in [1.29, 1.82) is 0 Å². The maximum Gasteiger partial charge on any atom is 0.416 e. The predicted octanol–water partition coefficient (Wildman–Crippen LogP) is 3.00. The van der Waals surface area contributed by atoms with Crippen molar-refractivity contribution in [3.8, 4) is 0 Å². The molecule has 1 N–H and O–H groups in total. The number of hydrogen-bond donors (Lipinski definition) is 1. The van der Waals surface area contributed by atoms with Crippen LogP contribution in [0.4, 0.5) is 13.2 Å². The van der Waals surface area contributed by atoms with E-state index in [1.165, 1.54) is 12.1 Å². The Kier molecular flexibility index (Phi) is 3.67. The van der Waals surface area contributed by atoms with Gasteiger partial charge in [-0.3, -0.25) is 4.79 Å². The van der Waals surface area contributed by atoms with Crippen molar-refractivity contribution in [3.05, 3.63) is 35.4 Å². The number of carbonyl (C=O) groups is 1. The number of halogens is 3. The first-order valence-electron chi connectivity index (χ1n) is 7.43. The molecular weight excluding hydrogens is 295 g/mol. The third-order valence-electron chi connectivity index (χ3n) is 4.61. The topological polar surface area (TPSA) is 40.5 Å². The van der Waals surface area contributed by atoms with Crippen molar-refractivity contribution in [3.63, 3.8) is 0 Å². The Morgan fingerprint density at radius 2 is 1.82 bits per heavy atom. The van der Waals surface area contributed by atoms with Gasteiger partial charge < -0.3 is 10.0 Å². The third-order valence-corrected chi connectivity index (χ3v) is 4.61. The normalized spacial score (nSPS) is 31.4. The van der Waals surface area contributed by atoms with E-state index in [2.05, 4.69) is 0 Å². The molecule has 1 aliphatic heterocycles. The molecule has 22 heavy (non-hydrogen) atoms. The monoisotopic (exact) mass is 313 g/mol. The molecule has 3 nitrogen and oxygen atoms in total. The zero-order chi connectivity index (χ0) is 16.1. The number of amides is 1. The van der Waals surface area contributed by atoms with Gasteiger partial charge in [-0.2, -0.15) is 13.2 Å². The van der Waals surface area contributed by atoms with Crippen LogP contribution in [0.3, 0.4) is 0 Å². The van der Waals surface area contributed by atoms with Crippen molar-refractivity contribution in [1.82, 2.24) is 4.90 Å². The zero-order valence-electron chi connectivity index (χ0n) is 12.2. The van der Waals surface area contributed by atoms with Gasteiger partial charge in [-0.15, -0.1) is 0 Å². The van der Waals surface area contributed by atoms with Crippen LogP contribution >= 0.6 is 0 Å². The van der Waals surface area contributed by atoms with Crippen LogP contribution in [0, 0.1) is 11.8 Å². The van der Waals surface area contributed by atoms with Gasteiger partial charge in [-0.05, 0) is 36.5 Å². The third kappa shape index (κ3) is 2.84. The van der Waals surface area contributed by atoms with Crippen molar-refractivity contribution in [2.24, 2.45) is 11.8 Å². The second kappa shape index (κ2) is 5.26. The van der Waals surface area contributed by atoms with Gasteiger partial charge in [0.1, 0.15) is 0 Å². The van der Waals surface area contributed by atoms with E-state index < -0.39 is 17.8 Å². The van der Waals surface area contributed by atoms with Gasteiger partial charge in [0.25, 0.3) is 0 Å². The molecule has 4 unspecified atom stereocenters. The summed E-state index contributed by atoms with van der Waals surface area (Å²) in [5.41, 5.74) is -0.0605. The lowest BCUT2D eigenvalue weighted by Gasteiger charge is -2.25. The Morgan fingerprint density at radius 1 is 1.23 bits per heavy atom. The number of alkyl halides is 3. The molecule has 0 radical (unpaired) electrons. The Labute approximate surface area is 126 Å². The number of aliphatic hydroxyl groups is 1. The molecule has 1 heterocycles. The van der Waals surface area contributed by atoms with Crippen molar-refractivity contribution >= 4 is 5.91 Å². The second-order valence-corrected chi connectivity index (χ2v) is 6.34. The molecule has 0 spiro atoms. The van der Waals surface area contributed by atoms with Crippen LogP contribution in [-0.2, 0) is 11.0 Å². The minimum atomic E-state index is -4.37. The van der Waals surface area contributed by atoms with E-state index in [0.717, 1.165) is 18.6 Å². The lowest BCUT2D eigenvalue weighted by atomic mass is 10.0. The number of aliphatic hydroxyl groups excluding tert-OH is 1. The van der Waals surface area contributed by atoms with Crippen LogP contribution in [0.15, 0.2) is 24.3 Å². The highest BCUT2D eigenvalue weighted by atomic mass is 19.4. The van der Waals surface area contributed by atoms with Gasteiger partial charge in [0, 0.05) is 12.5 Å². The van der Waals surface area contributed by atoms with E-state index in [0.29, 0.717) is 17.9 Å². The van der Waals surface area contributed by atoms with Crippen LogP contribution in [0.1, 0.15) is 36.9 Å². The molecule has 1 saturated carbocycles. The number of benzene rings is 1. The largest absolute Gasteiger partial charge is 0.416 e. The maximum atomic E-state index is 12.6. The molecule has 2 aliphatic rings. The highest BCUT2D eigenvalue weighted by Crippen LogP contribution is 2.43. The summed E-state index contributed by atoms with van der Waals surface area (Å²) in [5, 5.41) is 9.86. The number of nitrogens with zero attached hydrogens (tertiary/aromatic N) is 1. The molecular formula is C16H18F3NO2. The van der Waals surface area contributed by atoms with E-state index in [1.54, 1.807) is 4.90 Å². The van der Waals surface area contributed by atoms with Crippen molar-refractivity contribution < 1.29 is 23.1 Å². The molecule has 1 aromatic rings. The lowest BCUT2D eigenvalue weighted by molar-refractivity contribution is -0.138. The standard InChI is InChI=1S/C16H18F3NO2/c1-9-6-13(9)15(22)20-8-12(21)7-14(20)10-2-4-11(5-3-10)16(17,18)19/h2-5,9,12-14,21H,6-8H2,1H3. The van der Waals surface area contributed by atoms with Crippen LogP contribution in [-0.4, -0.2) is 28.6 Å². The molecule has 1 aromatic carbocycles. The van der Waals surface area contributed by atoms with Crippen molar-refractivity contribution in [2.45, 2.75) is 38.1 Å². The first-order valence-corrected chi connectivity index (χ1v) is 7.43. The molecule has 1 aliphatic carbocycles. The molecule has 1 amide bonds. The quantitative estimate of drug-likeness (QED) is 0.912. The highest BCUT2D eigenvalue weighted by molar-refractivity contribution is 5.82. The van der Waals surface area contributed by atoms with E-state index in [9.17, 15) is 23.1 Å². The molecule has 120 valence electrons. The summed E-state index contributed by atoms with van der Waals surface area (Å²) in [4.78, 5) is 14.0. The Morgan fingerprint density at radius 3 is 2.32 bits per heavy atom. The summed E-state index contributed by atoms with van der Waals surface area (Å²) in [5.74, 6) is 0.370. The smallest absolute Gasteiger partial charge is 0.391 e. The summed E-state index contributed by atoms with van der Waals surface area (Å²) in [6, 6.07) is 4.53. The molecule has 1 saturated heterocycles. The van der Waals surface area contributed by atoms with Crippen molar-refractivity contribution in [2.75, 3.05) is 6.54 Å². The highest BCUT2D eigenvalue weighted by Gasteiger charge is 2.46. The molecule has 6 heteroatoms. The Hall–Kier alpha value is -1.56. The van der Waals surface area contributed by atoms with Gasteiger partial charge >= 0.3 is 6.18 Å². The van der Waals surface area contributed by atoms with Gasteiger partial charge in [0.05, 0.1) is 17.7 Å². The Bertz CT molecular complexity index is 570. The lowest BCUT2D eigenvalue weighted by Crippen LogP contribution is -2.33. The average Bonchev–Trinajstić information content (AvgIpc) is 3.05. The molecule has 3 rings (SSSR count). The van der Waals surface area contributed by atoms with E-state index >= 15 is 0 Å². The first-order chi connectivity index (χ1) is 10.3. The number of β-amino-alcohol motifs (C(OH)–C–C–N with tert-alkyl or cyclic N) is 1. The SMILES string of the molecule is CC1CC1C(=O)N1CC(O)CC1c1ccc(C(F)(F)F)cc1. The van der Waals surface area contributed by atoms with Gasteiger partial charge in [-0.25, -0.2) is 0 Å². The minimum Gasteiger partial charge on any atom is -0.391 e. The summed E-state index contributed by atoms with van der Waals surface area (Å²) >= 11 is 0. The average molecular weight is 313 g/mol. The maximum absolute atomic E-state index is 12.6. The van der Waals surface area contributed by atoms with E-state index in [1.807, 2.05) is 6.92 Å². The van der Waals surface area contributed by atoms with Gasteiger partial charge in [-0.1, -0.05) is 19.1 Å². The fraction of sp³-hybridized carbons (Fsp3) is 0.562. The van der Waals surface area contributed by atoms with Gasteiger partial charge in [0.2, 0.25) is 5.91 Å². The summed E-state index contributed by atoms with van der Waals surface area (Å²) in [7, 11) is 0. The number of hydrogen-bond acceptors (Lipinski definition) is 2. The summed E-state index contributed by atoms with van der Waals surface area (Å²) < 4.78 is 37.8. The molecule has 4 atom stereocenters. The molecule has 0 bridgehead atoms. The van der Waals surface area contributed by atoms with Crippen LogP contribution in [0.25, 0.3) is 0 Å². The first kappa shape index (κ1) is 15.3.